The lowest BCUT2D eigenvalue weighted by Crippen LogP contribution is -2.05. The summed E-state index contributed by atoms with van der Waals surface area (Å²) >= 11 is 10.4. The molecule has 0 aromatic carbocycles. The molecule has 0 atom stereocenters. The molecule has 0 spiro atoms. The van der Waals surface area contributed by atoms with Crippen molar-refractivity contribution in [3.63, 3.8) is 0 Å². The molecule has 0 aliphatic rings. The van der Waals surface area contributed by atoms with Gasteiger partial charge < -0.3 is 0 Å². The molecule has 0 unspecified atom stereocenters. The molecule has 0 bridgehead atoms. The third-order valence-corrected chi connectivity index (χ3v) is 1.23. The largest absolute Gasteiger partial charge is 0.297 e. The lowest BCUT2D eigenvalue weighted by molar-refractivity contribution is -0.117. The van der Waals surface area contributed by atoms with E-state index in [1.165, 1.54) is 0 Å². The van der Waals surface area contributed by atoms with Crippen molar-refractivity contribution in [1.82, 2.24) is 0 Å². The number of carbonyl (C=O) groups excluding carboxylic acids is 1. The maximum atomic E-state index is 10.5. The van der Waals surface area contributed by atoms with E-state index in [1.807, 2.05) is 6.92 Å². The summed E-state index contributed by atoms with van der Waals surface area (Å²) in [7, 11) is 0. The standard InChI is InChI=1S/C5H8Cl2O/c1-2-3-4(8)5(6)7/h5H,2-3H2,1H3. The van der Waals surface area contributed by atoms with Gasteiger partial charge in [0.2, 0.25) is 0 Å². The molecule has 1 nitrogen and oxygen atoms in total. The number of hydrogen-bond acceptors (Lipinski definition) is 1. The minimum atomic E-state index is -0.824. The number of Topliss-reactive ketones (excluding diaryl/α,β-unsaturated/α-hetero) is 1. The fourth-order valence-electron chi connectivity index (χ4n) is 0.356. The molecule has 0 heterocycles. The summed E-state index contributed by atoms with van der Waals surface area (Å²) in [6.45, 7) is 1.91. The van der Waals surface area contributed by atoms with Crippen molar-refractivity contribution >= 4 is 29.0 Å². The zero-order valence-electron chi connectivity index (χ0n) is 4.66. The van der Waals surface area contributed by atoms with E-state index in [1.54, 1.807) is 0 Å². The number of alkyl halides is 2. The summed E-state index contributed by atoms with van der Waals surface area (Å²) in [5.41, 5.74) is 0. The Hall–Kier alpha value is 0.250. The van der Waals surface area contributed by atoms with E-state index in [4.69, 9.17) is 23.2 Å². The molecule has 0 fully saturated rings. The summed E-state index contributed by atoms with van der Waals surface area (Å²) in [4.78, 5) is 9.65. The number of hydrogen-bond donors (Lipinski definition) is 0. The van der Waals surface area contributed by atoms with Crippen LogP contribution >= 0.6 is 23.2 Å². The van der Waals surface area contributed by atoms with Crippen LogP contribution in [0.3, 0.4) is 0 Å². The first kappa shape index (κ1) is 8.25. The predicted molar refractivity (Wildman–Crippen MR) is 35.4 cm³/mol. The molecule has 0 saturated heterocycles. The van der Waals surface area contributed by atoms with Gasteiger partial charge in [-0.15, -0.1) is 0 Å². The number of rotatable bonds is 3. The fraction of sp³-hybridized carbons (Fsp3) is 0.800. The molecule has 8 heavy (non-hydrogen) atoms. The van der Waals surface area contributed by atoms with Gasteiger partial charge in [0.25, 0.3) is 0 Å². The van der Waals surface area contributed by atoms with E-state index in [2.05, 4.69) is 0 Å². The lowest BCUT2D eigenvalue weighted by atomic mass is 10.2. The Morgan fingerprint density at radius 3 is 2.25 bits per heavy atom. The second-order valence-corrected chi connectivity index (χ2v) is 2.61. The fourth-order valence-corrected chi connectivity index (χ4v) is 0.574. The van der Waals surface area contributed by atoms with Gasteiger partial charge in [-0.1, -0.05) is 30.1 Å². The molecule has 0 rings (SSSR count). The highest BCUT2D eigenvalue weighted by molar-refractivity contribution is 6.53. The Bertz CT molecular complexity index is 80.5. The zero-order chi connectivity index (χ0) is 6.57. The van der Waals surface area contributed by atoms with Gasteiger partial charge in [0, 0.05) is 6.42 Å². The number of carbonyl (C=O) groups is 1. The van der Waals surface area contributed by atoms with Gasteiger partial charge >= 0.3 is 0 Å². The van der Waals surface area contributed by atoms with Crippen molar-refractivity contribution in [3.05, 3.63) is 0 Å². The van der Waals surface area contributed by atoms with Gasteiger partial charge in [0.05, 0.1) is 0 Å². The number of halogens is 2. The normalized spacial score (nSPS) is 10.0. The summed E-state index contributed by atoms with van der Waals surface area (Å²) in [6, 6.07) is 0. The molecular weight excluding hydrogens is 147 g/mol. The molecule has 0 aromatic heterocycles. The van der Waals surface area contributed by atoms with E-state index in [0.29, 0.717) is 6.42 Å². The second-order valence-electron chi connectivity index (χ2n) is 1.52. The van der Waals surface area contributed by atoms with Crippen LogP contribution in [0, 0.1) is 0 Å². The second kappa shape index (κ2) is 4.16. The van der Waals surface area contributed by atoms with Crippen LogP contribution in [-0.4, -0.2) is 10.6 Å². The van der Waals surface area contributed by atoms with Crippen LogP contribution in [0.4, 0.5) is 0 Å². The van der Waals surface area contributed by atoms with Gasteiger partial charge in [-0.2, -0.15) is 0 Å². The maximum absolute atomic E-state index is 10.5. The summed E-state index contributed by atoms with van der Waals surface area (Å²) in [5.74, 6) is -0.0872. The maximum Gasteiger partial charge on any atom is 0.165 e. The Morgan fingerprint density at radius 1 is 1.62 bits per heavy atom. The first-order valence-corrected chi connectivity index (χ1v) is 3.36. The average molecular weight is 155 g/mol. The molecule has 48 valence electrons. The topological polar surface area (TPSA) is 17.1 Å². The third kappa shape index (κ3) is 3.28. The molecule has 0 N–H and O–H groups in total. The highest BCUT2D eigenvalue weighted by Gasteiger charge is 2.08. The van der Waals surface area contributed by atoms with Crippen LogP contribution in [0.25, 0.3) is 0 Å². The highest BCUT2D eigenvalue weighted by atomic mass is 35.5. The van der Waals surface area contributed by atoms with Gasteiger partial charge in [-0.25, -0.2) is 0 Å². The van der Waals surface area contributed by atoms with E-state index < -0.39 is 4.84 Å². The monoisotopic (exact) mass is 154 g/mol. The first-order chi connectivity index (χ1) is 3.68. The van der Waals surface area contributed by atoms with Crippen LogP contribution in [0.5, 0.6) is 0 Å². The summed E-state index contributed by atoms with van der Waals surface area (Å²) < 4.78 is 0. The third-order valence-electron chi connectivity index (χ3n) is 0.740. The van der Waals surface area contributed by atoms with Crippen molar-refractivity contribution in [1.29, 1.82) is 0 Å². The van der Waals surface area contributed by atoms with E-state index in [9.17, 15) is 4.79 Å². The van der Waals surface area contributed by atoms with Gasteiger partial charge in [-0.05, 0) is 6.42 Å². The highest BCUT2D eigenvalue weighted by Crippen LogP contribution is 2.06. The van der Waals surface area contributed by atoms with Crippen molar-refractivity contribution in [2.75, 3.05) is 0 Å². The van der Waals surface area contributed by atoms with Crippen molar-refractivity contribution in [3.8, 4) is 0 Å². The molecule has 0 aliphatic carbocycles. The summed E-state index contributed by atoms with van der Waals surface area (Å²) in [6.07, 6.45) is 1.30. The van der Waals surface area contributed by atoms with Gasteiger partial charge in [-0.3, -0.25) is 4.79 Å². The van der Waals surface area contributed by atoms with Crippen molar-refractivity contribution < 1.29 is 4.79 Å². The zero-order valence-corrected chi connectivity index (χ0v) is 6.17. The smallest absolute Gasteiger partial charge is 0.165 e. The SMILES string of the molecule is CCCC(=O)C(Cl)Cl. The molecule has 0 aromatic rings. The average Bonchev–Trinajstić information content (AvgIpc) is 1.67. The Balaban J connectivity index is 3.33. The van der Waals surface area contributed by atoms with Crippen LogP contribution < -0.4 is 0 Å². The number of ketones is 1. The minimum Gasteiger partial charge on any atom is -0.297 e. The summed E-state index contributed by atoms with van der Waals surface area (Å²) in [5, 5.41) is 0. The van der Waals surface area contributed by atoms with Crippen molar-refractivity contribution in [2.45, 2.75) is 24.6 Å². The molecule has 3 heteroatoms. The first-order valence-electron chi connectivity index (χ1n) is 2.49. The van der Waals surface area contributed by atoms with Crippen LogP contribution in [0.1, 0.15) is 19.8 Å². The molecule has 0 aliphatic heterocycles. The van der Waals surface area contributed by atoms with E-state index in [0.717, 1.165) is 6.42 Å². The minimum absolute atomic E-state index is 0.0872. The Labute approximate surface area is 59.0 Å². The van der Waals surface area contributed by atoms with Gasteiger partial charge in [0.1, 0.15) is 0 Å². The van der Waals surface area contributed by atoms with Crippen molar-refractivity contribution in [2.24, 2.45) is 0 Å². The van der Waals surface area contributed by atoms with Crippen LogP contribution in [-0.2, 0) is 4.79 Å². The van der Waals surface area contributed by atoms with Crippen LogP contribution in [0.2, 0.25) is 0 Å². The van der Waals surface area contributed by atoms with E-state index >= 15 is 0 Å². The van der Waals surface area contributed by atoms with E-state index in [-0.39, 0.29) is 5.78 Å². The van der Waals surface area contributed by atoms with Gasteiger partial charge in [0.15, 0.2) is 10.6 Å². The Kier molecular flexibility index (Phi) is 4.29. The molecule has 0 amide bonds. The molecule has 0 saturated carbocycles. The quantitative estimate of drug-likeness (QED) is 0.570. The lowest BCUT2D eigenvalue weighted by Gasteiger charge is -1.94. The Morgan fingerprint density at radius 2 is 2.12 bits per heavy atom. The molecular formula is C5H8Cl2O. The molecule has 0 radical (unpaired) electrons. The predicted octanol–water partition coefficient (Wildman–Crippen LogP) is 2.16. The van der Waals surface area contributed by atoms with Crippen LogP contribution in [0.15, 0.2) is 0 Å².